The molecule has 4 aliphatic heterocycles. The van der Waals surface area contributed by atoms with Gasteiger partial charge in [0, 0.05) is 68.6 Å². The number of benzene rings is 1. The highest BCUT2D eigenvalue weighted by Crippen LogP contribution is 2.22. The van der Waals surface area contributed by atoms with Crippen LogP contribution in [0.15, 0.2) is 58.4 Å². The quantitative estimate of drug-likeness (QED) is 0.533. The molecule has 0 saturated carbocycles. The van der Waals surface area contributed by atoms with Crippen molar-refractivity contribution in [3.05, 3.63) is 54.0 Å². The molecule has 2 atom stereocenters. The third-order valence-electron chi connectivity index (χ3n) is 6.61. The molecule has 0 aliphatic carbocycles. The summed E-state index contributed by atoms with van der Waals surface area (Å²) in [7, 11) is -3.16. The van der Waals surface area contributed by atoms with E-state index in [1.807, 2.05) is 12.4 Å². The van der Waals surface area contributed by atoms with Crippen LogP contribution in [0.25, 0.3) is 0 Å². The summed E-state index contributed by atoms with van der Waals surface area (Å²) in [6.07, 6.45) is 7.95. The first-order valence-electron chi connectivity index (χ1n) is 12.1. The van der Waals surface area contributed by atoms with Crippen LogP contribution in [-0.2, 0) is 14.8 Å². The first kappa shape index (κ1) is 24.0. The van der Waals surface area contributed by atoms with Gasteiger partial charge in [0.25, 0.3) is 0 Å². The molecule has 0 unspecified atom stereocenters. The van der Waals surface area contributed by atoms with E-state index in [1.165, 1.54) is 6.26 Å². The van der Waals surface area contributed by atoms with Gasteiger partial charge in [0.1, 0.15) is 6.04 Å². The molecular weight excluding hydrogens is 466 g/mol. The lowest BCUT2D eigenvalue weighted by Gasteiger charge is -2.29. The number of hydrogen-bond donors (Lipinski definition) is 3. The average Bonchev–Trinajstić information content (AvgIpc) is 3.15. The van der Waals surface area contributed by atoms with Gasteiger partial charge in [-0.2, -0.15) is 0 Å². The number of allylic oxidation sites excluding steroid dienone is 1. The molecule has 1 aromatic carbocycles. The Morgan fingerprint density at radius 2 is 2.00 bits per heavy atom. The zero-order valence-electron chi connectivity index (χ0n) is 20.0. The van der Waals surface area contributed by atoms with Crippen molar-refractivity contribution in [3.63, 3.8) is 0 Å². The summed E-state index contributed by atoms with van der Waals surface area (Å²) in [4.78, 5) is 12.0. The number of morpholine rings is 1. The number of sulfonamides is 1. The topological polar surface area (TPSA) is 111 Å². The van der Waals surface area contributed by atoms with Gasteiger partial charge in [-0.25, -0.2) is 17.7 Å². The lowest BCUT2D eigenvalue weighted by molar-refractivity contribution is 0.0349. The van der Waals surface area contributed by atoms with Crippen molar-refractivity contribution in [2.45, 2.75) is 18.6 Å². The first-order chi connectivity index (χ1) is 17.0. The van der Waals surface area contributed by atoms with Gasteiger partial charge in [-0.05, 0) is 24.6 Å². The van der Waals surface area contributed by atoms with Gasteiger partial charge in [-0.15, -0.1) is 0 Å². The minimum Gasteiger partial charge on any atom is -0.375 e. The van der Waals surface area contributed by atoms with E-state index in [-0.39, 0.29) is 12.1 Å². The monoisotopic (exact) mass is 499 g/mol. The lowest BCUT2D eigenvalue weighted by atomic mass is 10.0. The van der Waals surface area contributed by atoms with E-state index >= 15 is 0 Å². The third-order valence-corrected chi connectivity index (χ3v) is 7.91. The summed E-state index contributed by atoms with van der Waals surface area (Å²) in [6, 6.07) is 8.22. The number of fused-ring (bicyclic) bond motifs is 1. The largest absolute Gasteiger partial charge is 0.375 e. The van der Waals surface area contributed by atoms with Crippen LogP contribution < -0.4 is 20.9 Å². The van der Waals surface area contributed by atoms with Gasteiger partial charge < -0.3 is 25.6 Å². The summed E-state index contributed by atoms with van der Waals surface area (Å²) in [5.41, 5.74) is 3.96. The summed E-state index contributed by atoms with van der Waals surface area (Å²) >= 11 is 0. The fourth-order valence-corrected chi connectivity index (χ4v) is 5.57. The van der Waals surface area contributed by atoms with Gasteiger partial charge in [0.05, 0.1) is 31.2 Å². The molecule has 2 saturated heterocycles. The fraction of sp³-hybridized carbons (Fsp3) is 0.500. The lowest BCUT2D eigenvalue weighted by Crippen LogP contribution is -2.45. The predicted molar refractivity (Wildman–Crippen MR) is 138 cm³/mol. The molecule has 35 heavy (non-hydrogen) atoms. The zero-order chi connectivity index (χ0) is 24.3. The minimum atomic E-state index is -3.16. The Bertz CT molecular complexity index is 1140. The molecule has 0 amide bonds. The Morgan fingerprint density at radius 3 is 2.77 bits per heavy atom. The minimum absolute atomic E-state index is 0.0582. The van der Waals surface area contributed by atoms with Crippen molar-refractivity contribution < 1.29 is 13.2 Å². The second-order valence-corrected chi connectivity index (χ2v) is 11.1. The molecule has 3 N–H and O–H groups in total. The normalized spacial score (nSPS) is 26.8. The van der Waals surface area contributed by atoms with E-state index in [4.69, 9.17) is 14.7 Å². The average molecular weight is 500 g/mol. The number of amidine groups is 1. The van der Waals surface area contributed by atoms with Crippen LogP contribution in [0.2, 0.25) is 0 Å². The Labute approximate surface area is 206 Å². The number of aliphatic imine (C=N–C) groups is 2. The standard InChI is InChI=1S/C24H33N7O3S/c1-35(32,33)31-11-2-10-30(12-13-31)19-5-3-18(4-6-19)21-15-22-23(27-8-7-26-22)24(29-21)28-17-20-16-25-9-14-34-20/h3-8,15,20,23,25-27H,2,9-14,16-17H2,1H3/t20-,23+/m0/s1. The number of ether oxygens (including phenoxy) is 1. The van der Waals surface area contributed by atoms with Crippen molar-refractivity contribution in [2.75, 3.05) is 63.6 Å². The molecule has 5 rings (SSSR count). The second-order valence-electron chi connectivity index (χ2n) is 9.12. The summed E-state index contributed by atoms with van der Waals surface area (Å²) in [6.45, 7) is 5.52. The van der Waals surface area contributed by atoms with Crippen LogP contribution in [0.1, 0.15) is 12.0 Å². The van der Waals surface area contributed by atoms with Gasteiger partial charge in [-0.3, -0.25) is 4.99 Å². The summed E-state index contributed by atoms with van der Waals surface area (Å²) in [5, 5.41) is 10.0. The molecule has 188 valence electrons. The summed E-state index contributed by atoms with van der Waals surface area (Å²) < 4.78 is 31.2. The first-order valence-corrected chi connectivity index (χ1v) is 14.0. The smallest absolute Gasteiger partial charge is 0.211 e. The third kappa shape index (κ3) is 5.75. The van der Waals surface area contributed by atoms with Crippen molar-refractivity contribution in [3.8, 4) is 0 Å². The Balaban J connectivity index is 1.33. The molecule has 0 aromatic heterocycles. The van der Waals surface area contributed by atoms with E-state index in [9.17, 15) is 8.42 Å². The van der Waals surface area contributed by atoms with E-state index in [1.54, 1.807) is 4.31 Å². The van der Waals surface area contributed by atoms with Crippen LogP contribution in [0.3, 0.4) is 0 Å². The molecule has 4 heterocycles. The molecule has 1 aromatic rings. The van der Waals surface area contributed by atoms with Crippen LogP contribution in [0.5, 0.6) is 0 Å². The number of anilines is 1. The van der Waals surface area contributed by atoms with Gasteiger partial charge in [-0.1, -0.05) is 12.1 Å². The number of nitrogens with one attached hydrogen (secondary N) is 3. The van der Waals surface area contributed by atoms with Gasteiger partial charge >= 0.3 is 0 Å². The molecule has 2 fully saturated rings. The molecule has 0 spiro atoms. The van der Waals surface area contributed by atoms with Crippen molar-refractivity contribution >= 4 is 27.3 Å². The van der Waals surface area contributed by atoms with Crippen LogP contribution in [0.4, 0.5) is 5.69 Å². The van der Waals surface area contributed by atoms with E-state index in [0.29, 0.717) is 32.8 Å². The highest BCUT2D eigenvalue weighted by Gasteiger charge is 2.27. The molecule has 10 nitrogen and oxygen atoms in total. The fourth-order valence-electron chi connectivity index (χ4n) is 4.69. The molecule has 0 radical (unpaired) electrons. The van der Waals surface area contributed by atoms with E-state index in [0.717, 1.165) is 54.6 Å². The highest BCUT2D eigenvalue weighted by atomic mass is 32.2. The number of nitrogens with zero attached hydrogens (tertiary/aromatic N) is 4. The highest BCUT2D eigenvalue weighted by molar-refractivity contribution is 7.88. The molecular formula is C24H33N7O3S. The van der Waals surface area contributed by atoms with Crippen molar-refractivity contribution in [1.29, 1.82) is 0 Å². The molecule has 4 aliphatic rings. The van der Waals surface area contributed by atoms with E-state index in [2.05, 4.69) is 51.2 Å². The second kappa shape index (κ2) is 10.5. The van der Waals surface area contributed by atoms with Crippen molar-refractivity contribution in [2.24, 2.45) is 9.98 Å². The predicted octanol–water partition coefficient (Wildman–Crippen LogP) is 0.264. The molecule has 0 bridgehead atoms. The zero-order valence-corrected chi connectivity index (χ0v) is 20.8. The van der Waals surface area contributed by atoms with Crippen LogP contribution >= 0.6 is 0 Å². The summed E-state index contributed by atoms with van der Waals surface area (Å²) in [5.74, 6) is 0.737. The SMILES string of the molecule is CS(=O)(=O)N1CCCN(c2ccc(C3=NC(=NC[C@@H]4CNCCO4)[C@@H]4NC=CNC4=C3)cc2)CC1. The molecule has 11 heteroatoms. The van der Waals surface area contributed by atoms with Crippen LogP contribution in [0, 0.1) is 0 Å². The van der Waals surface area contributed by atoms with Crippen molar-refractivity contribution in [1.82, 2.24) is 20.3 Å². The Hall–Kier alpha value is -2.73. The Kier molecular flexibility index (Phi) is 7.19. The maximum absolute atomic E-state index is 11.9. The van der Waals surface area contributed by atoms with Gasteiger partial charge in [0.2, 0.25) is 10.0 Å². The number of rotatable bonds is 5. The van der Waals surface area contributed by atoms with E-state index < -0.39 is 10.0 Å². The van der Waals surface area contributed by atoms with Gasteiger partial charge in [0.15, 0.2) is 5.84 Å². The maximum atomic E-state index is 11.9. The Morgan fingerprint density at radius 1 is 1.14 bits per heavy atom. The maximum Gasteiger partial charge on any atom is 0.211 e. The number of hydrogen-bond acceptors (Lipinski definition) is 8. The number of dihydropyridines is 1. The van der Waals surface area contributed by atoms with Crippen LogP contribution in [-0.4, -0.2) is 95.1 Å².